The Morgan fingerprint density at radius 2 is 1.89 bits per heavy atom. The van der Waals surface area contributed by atoms with Crippen molar-refractivity contribution in [2.24, 2.45) is 7.05 Å². The highest BCUT2D eigenvalue weighted by atomic mass is 19.3. The third kappa shape index (κ3) is 4.79. The smallest absolute Gasteiger partial charge is 0.387 e. The van der Waals surface area contributed by atoms with Crippen LogP contribution in [-0.2, 0) is 13.5 Å². The normalized spacial score (nSPS) is 10.7. The van der Waals surface area contributed by atoms with Gasteiger partial charge in [-0.2, -0.15) is 13.9 Å². The van der Waals surface area contributed by atoms with Crippen LogP contribution in [0.15, 0.2) is 65.5 Å². The lowest BCUT2D eigenvalue weighted by molar-refractivity contribution is -0.0503. The van der Waals surface area contributed by atoms with Gasteiger partial charge in [-0.05, 0) is 29.8 Å². The first-order valence-corrected chi connectivity index (χ1v) is 8.40. The van der Waals surface area contributed by atoms with E-state index in [0.717, 1.165) is 10.2 Å². The van der Waals surface area contributed by atoms with Crippen LogP contribution in [0.25, 0.3) is 0 Å². The van der Waals surface area contributed by atoms with Gasteiger partial charge in [0.05, 0.1) is 0 Å². The lowest BCUT2D eigenvalue weighted by atomic mass is 10.0. The Labute approximate surface area is 159 Å². The highest BCUT2D eigenvalue weighted by Crippen LogP contribution is 2.27. The van der Waals surface area contributed by atoms with Crippen molar-refractivity contribution in [3.05, 3.63) is 87.8 Å². The number of rotatable bonds is 6. The van der Waals surface area contributed by atoms with Crippen LogP contribution >= 0.6 is 0 Å². The molecule has 0 aliphatic rings. The van der Waals surface area contributed by atoms with Crippen molar-refractivity contribution in [1.29, 1.82) is 0 Å². The molecule has 1 heterocycles. The average Bonchev–Trinajstić information content (AvgIpc) is 2.66. The van der Waals surface area contributed by atoms with Crippen LogP contribution < -0.4 is 15.6 Å². The Morgan fingerprint density at radius 3 is 2.57 bits per heavy atom. The van der Waals surface area contributed by atoms with E-state index in [2.05, 4.69) is 15.2 Å². The van der Waals surface area contributed by atoms with E-state index in [1.54, 1.807) is 6.07 Å². The van der Waals surface area contributed by atoms with E-state index in [0.29, 0.717) is 17.7 Å². The molecular formula is C20H17F2N3O3. The van der Waals surface area contributed by atoms with Crippen LogP contribution in [0.5, 0.6) is 5.75 Å². The highest BCUT2D eigenvalue weighted by Gasteiger charge is 2.14. The number of hydrogen-bond donors (Lipinski definition) is 1. The molecule has 0 unspecified atom stereocenters. The first kappa shape index (κ1) is 19.2. The van der Waals surface area contributed by atoms with Crippen LogP contribution in [0, 0.1) is 0 Å². The summed E-state index contributed by atoms with van der Waals surface area (Å²) >= 11 is 0. The van der Waals surface area contributed by atoms with Gasteiger partial charge in [0.25, 0.3) is 11.5 Å². The monoisotopic (exact) mass is 385 g/mol. The van der Waals surface area contributed by atoms with E-state index < -0.39 is 12.5 Å². The van der Waals surface area contributed by atoms with Gasteiger partial charge in [-0.25, -0.2) is 4.68 Å². The van der Waals surface area contributed by atoms with E-state index in [-0.39, 0.29) is 17.0 Å². The Balaban J connectivity index is 1.86. The zero-order chi connectivity index (χ0) is 20.1. The Bertz CT molecular complexity index is 1040. The lowest BCUT2D eigenvalue weighted by Gasteiger charge is -2.13. The number of nitrogens with zero attached hydrogens (tertiary/aromatic N) is 2. The molecule has 28 heavy (non-hydrogen) atoms. The largest absolute Gasteiger partial charge is 0.435 e. The number of amides is 1. The molecule has 2 aromatic carbocycles. The van der Waals surface area contributed by atoms with E-state index in [9.17, 15) is 18.4 Å². The molecule has 0 saturated heterocycles. The fraction of sp³-hybridized carbons (Fsp3) is 0.150. The maximum absolute atomic E-state index is 12.7. The molecule has 0 radical (unpaired) electrons. The molecule has 1 N–H and O–H groups in total. The predicted octanol–water partition coefficient (Wildman–Crippen LogP) is 3.22. The van der Waals surface area contributed by atoms with Gasteiger partial charge in [0.1, 0.15) is 11.4 Å². The van der Waals surface area contributed by atoms with Crippen molar-refractivity contribution in [2.75, 3.05) is 5.32 Å². The number of aromatic nitrogens is 2. The average molecular weight is 385 g/mol. The summed E-state index contributed by atoms with van der Waals surface area (Å²) in [6.45, 7) is -2.95. The minimum Gasteiger partial charge on any atom is -0.435 e. The van der Waals surface area contributed by atoms with Gasteiger partial charge in [0, 0.05) is 30.8 Å². The maximum atomic E-state index is 12.7. The Hall–Kier alpha value is -3.55. The molecule has 6 nitrogen and oxygen atoms in total. The number of ether oxygens (including phenoxy) is 1. The van der Waals surface area contributed by atoms with Crippen molar-refractivity contribution >= 4 is 11.6 Å². The molecule has 0 aliphatic heterocycles. The predicted molar refractivity (Wildman–Crippen MR) is 99.8 cm³/mol. The molecule has 8 heteroatoms. The minimum atomic E-state index is -2.95. The molecule has 3 rings (SSSR count). The molecule has 0 aliphatic carbocycles. The maximum Gasteiger partial charge on any atom is 0.387 e. The summed E-state index contributed by atoms with van der Waals surface area (Å²) in [5, 5.41) is 6.54. The van der Waals surface area contributed by atoms with Gasteiger partial charge in [-0.3, -0.25) is 9.59 Å². The molecule has 1 aromatic heterocycles. The van der Waals surface area contributed by atoms with E-state index in [1.807, 2.05) is 30.3 Å². The SMILES string of the molecule is Cn1nc(C(=O)Nc2ccc(OC(F)F)c(Cc3ccccc3)c2)ccc1=O. The third-order valence-corrected chi connectivity index (χ3v) is 3.96. The highest BCUT2D eigenvalue weighted by molar-refractivity contribution is 6.02. The van der Waals surface area contributed by atoms with Gasteiger partial charge in [0.15, 0.2) is 0 Å². The number of benzene rings is 2. The van der Waals surface area contributed by atoms with E-state index in [1.165, 1.54) is 31.3 Å². The second-order valence-electron chi connectivity index (χ2n) is 6.00. The van der Waals surface area contributed by atoms with Crippen LogP contribution in [0.1, 0.15) is 21.6 Å². The Morgan fingerprint density at radius 1 is 1.14 bits per heavy atom. The Kier molecular flexibility index (Phi) is 5.78. The van der Waals surface area contributed by atoms with Crippen molar-refractivity contribution < 1.29 is 18.3 Å². The van der Waals surface area contributed by atoms with E-state index in [4.69, 9.17) is 0 Å². The fourth-order valence-electron chi connectivity index (χ4n) is 2.64. The van der Waals surface area contributed by atoms with Crippen LogP contribution in [-0.4, -0.2) is 22.3 Å². The molecule has 0 saturated carbocycles. The van der Waals surface area contributed by atoms with Crippen LogP contribution in [0.3, 0.4) is 0 Å². The number of halogens is 2. The number of hydrogen-bond acceptors (Lipinski definition) is 4. The lowest BCUT2D eigenvalue weighted by Crippen LogP contribution is -2.23. The number of aryl methyl sites for hydroxylation is 1. The van der Waals surface area contributed by atoms with Crippen molar-refractivity contribution in [2.45, 2.75) is 13.0 Å². The second-order valence-corrected chi connectivity index (χ2v) is 6.00. The molecule has 0 fully saturated rings. The summed E-state index contributed by atoms with van der Waals surface area (Å²) in [6, 6.07) is 16.3. The number of anilines is 1. The molecule has 0 spiro atoms. The first-order valence-electron chi connectivity index (χ1n) is 8.40. The summed E-state index contributed by atoms with van der Waals surface area (Å²) in [4.78, 5) is 23.8. The summed E-state index contributed by atoms with van der Waals surface area (Å²) in [5.41, 5.74) is 1.52. The summed E-state index contributed by atoms with van der Waals surface area (Å²) in [7, 11) is 1.44. The summed E-state index contributed by atoms with van der Waals surface area (Å²) in [5.74, 6) is -0.485. The van der Waals surface area contributed by atoms with Crippen molar-refractivity contribution in [3.63, 3.8) is 0 Å². The van der Waals surface area contributed by atoms with Crippen molar-refractivity contribution in [3.8, 4) is 5.75 Å². The first-order chi connectivity index (χ1) is 13.4. The summed E-state index contributed by atoms with van der Waals surface area (Å²) in [6.07, 6.45) is 0.352. The van der Waals surface area contributed by atoms with Crippen LogP contribution in [0.2, 0.25) is 0 Å². The zero-order valence-electron chi connectivity index (χ0n) is 14.9. The molecule has 0 atom stereocenters. The van der Waals surface area contributed by atoms with E-state index >= 15 is 0 Å². The van der Waals surface area contributed by atoms with Gasteiger partial charge in [-0.15, -0.1) is 0 Å². The summed E-state index contributed by atoms with van der Waals surface area (Å²) < 4.78 is 31.1. The molecule has 144 valence electrons. The molecular weight excluding hydrogens is 368 g/mol. The molecule has 1 amide bonds. The zero-order valence-corrected chi connectivity index (χ0v) is 14.9. The topological polar surface area (TPSA) is 73.2 Å². The number of alkyl halides is 2. The number of nitrogens with one attached hydrogen (secondary N) is 1. The van der Waals surface area contributed by atoms with Crippen LogP contribution in [0.4, 0.5) is 14.5 Å². The molecule has 3 aromatic rings. The fourth-order valence-corrected chi connectivity index (χ4v) is 2.64. The molecule has 0 bridgehead atoms. The standard InChI is InChI=1S/C20H17F2N3O3/c1-25-18(26)10-8-16(24-25)19(27)23-15-7-9-17(28-20(21)22)14(12-15)11-13-5-3-2-4-6-13/h2-10,12,20H,11H2,1H3,(H,23,27). The number of carbonyl (C=O) groups excluding carboxylic acids is 1. The van der Waals surface area contributed by atoms with Gasteiger partial charge in [-0.1, -0.05) is 30.3 Å². The quantitative estimate of drug-likeness (QED) is 0.707. The minimum absolute atomic E-state index is 0.0390. The van der Waals surface area contributed by atoms with Gasteiger partial charge in [0.2, 0.25) is 0 Å². The van der Waals surface area contributed by atoms with Gasteiger partial charge >= 0.3 is 6.61 Å². The second kappa shape index (κ2) is 8.43. The third-order valence-electron chi connectivity index (χ3n) is 3.96. The van der Waals surface area contributed by atoms with Crippen molar-refractivity contribution in [1.82, 2.24) is 9.78 Å². The van der Waals surface area contributed by atoms with Gasteiger partial charge < -0.3 is 10.1 Å². The number of carbonyl (C=O) groups is 1.